The molecule has 1 heterocycles. The maximum Gasteiger partial charge on any atom is 0.223 e. The number of phenolic OH excluding ortho intramolecular Hbond substituents is 1. The Bertz CT molecular complexity index is 975. The Morgan fingerprint density at radius 3 is 2.19 bits per heavy atom. The highest BCUT2D eigenvalue weighted by atomic mass is 16.3. The number of carbonyl (C=O) groups excluding carboxylic acids is 1. The van der Waals surface area contributed by atoms with Crippen LogP contribution in [0.15, 0.2) is 84.9 Å². The number of aryl methyl sites for hydroxylation is 1. The summed E-state index contributed by atoms with van der Waals surface area (Å²) in [5, 5.41) is 10.0. The normalized spacial score (nSPS) is 16.9. The zero-order valence-electron chi connectivity index (χ0n) is 17.9. The molecule has 1 aliphatic rings. The first-order chi connectivity index (χ1) is 15.2. The van der Waals surface area contributed by atoms with E-state index in [4.69, 9.17) is 0 Å². The lowest BCUT2D eigenvalue weighted by atomic mass is 10.00. The topological polar surface area (TPSA) is 43.8 Å². The number of phenols is 1. The van der Waals surface area contributed by atoms with E-state index in [0.29, 0.717) is 12.8 Å². The van der Waals surface area contributed by atoms with E-state index in [1.54, 1.807) is 6.07 Å². The van der Waals surface area contributed by atoms with E-state index in [-0.39, 0.29) is 17.7 Å². The Labute approximate surface area is 184 Å². The van der Waals surface area contributed by atoms with E-state index in [1.165, 1.54) is 11.1 Å². The molecule has 31 heavy (non-hydrogen) atoms. The first-order valence-corrected chi connectivity index (χ1v) is 11.1. The first kappa shape index (κ1) is 21.1. The van der Waals surface area contributed by atoms with Gasteiger partial charge in [-0.05, 0) is 35.6 Å². The predicted molar refractivity (Wildman–Crippen MR) is 124 cm³/mol. The maximum atomic E-state index is 13.2. The van der Waals surface area contributed by atoms with E-state index in [0.717, 1.165) is 38.2 Å². The summed E-state index contributed by atoms with van der Waals surface area (Å²) < 4.78 is 0. The summed E-state index contributed by atoms with van der Waals surface area (Å²) in [6.45, 7) is 3.39. The number of aromatic hydroxyl groups is 1. The lowest BCUT2D eigenvalue weighted by Crippen LogP contribution is -2.55. The largest absolute Gasteiger partial charge is 0.508 e. The van der Waals surface area contributed by atoms with Crippen molar-refractivity contribution in [2.45, 2.75) is 31.8 Å². The molecule has 0 spiro atoms. The van der Waals surface area contributed by atoms with Crippen molar-refractivity contribution in [3.8, 4) is 5.75 Å². The van der Waals surface area contributed by atoms with E-state index in [2.05, 4.69) is 58.3 Å². The molecule has 0 radical (unpaired) electrons. The minimum absolute atomic E-state index is 0.150. The Morgan fingerprint density at radius 2 is 1.48 bits per heavy atom. The number of benzene rings is 3. The second-order valence-electron chi connectivity index (χ2n) is 8.28. The summed E-state index contributed by atoms with van der Waals surface area (Å²) in [5.74, 6) is 0.437. The smallest absolute Gasteiger partial charge is 0.223 e. The molecule has 1 saturated heterocycles. The number of amides is 1. The Balaban J connectivity index is 1.44. The fourth-order valence-electron chi connectivity index (χ4n) is 4.40. The monoisotopic (exact) mass is 414 g/mol. The lowest BCUT2D eigenvalue weighted by molar-refractivity contribution is -0.136. The Kier molecular flexibility index (Phi) is 7.00. The van der Waals surface area contributed by atoms with E-state index in [9.17, 15) is 9.90 Å². The number of para-hydroxylation sites is 1. The molecule has 160 valence electrons. The van der Waals surface area contributed by atoms with Crippen LogP contribution in [0.1, 0.15) is 23.1 Å². The molecule has 1 unspecified atom stereocenters. The number of carbonyl (C=O) groups is 1. The predicted octanol–water partition coefficient (Wildman–Crippen LogP) is 4.28. The second kappa shape index (κ2) is 10.3. The molecule has 0 bridgehead atoms. The van der Waals surface area contributed by atoms with Crippen LogP contribution in [0.2, 0.25) is 0 Å². The molecule has 3 aromatic rings. The summed E-state index contributed by atoms with van der Waals surface area (Å²) in [4.78, 5) is 17.7. The zero-order valence-corrected chi connectivity index (χ0v) is 17.9. The summed E-state index contributed by atoms with van der Waals surface area (Å²) in [7, 11) is 0. The third kappa shape index (κ3) is 5.74. The van der Waals surface area contributed by atoms with Gasteiger partial charge in [-0.3, -0.25) is 9.69 Å². The van der Waals surface area contributed by atoms with Gasteiger partial charge in [0.05, 0.1) is 0 Å². The van der Waals surface area contributed by atoms with Crippen LogP contribution >= 0.6 is 0 Å². The molecule has 0 aliphatic carbocycles. The summed E-state index contributed by atoms with van der Waals surface area (Å²) in [6.07, 6.45) is 1.84. The lowest BCUT2D eigenvalue weighted by Gasteiger charge is -2.42. The number of piperazine rings is 1. The van der Waals surface area contributed by atoms with Gasteiger partial charge in [-0.1, -0.05) is 78.9 Å². The number of hydrogen-bond donors (Lipinski definition) is 1. The molecule has 3 aromatic carbocycles. The average molecular weight is 415 g/mol. The van der Waals surface area contributed by atoms with Crippen molar-refractivity contribution in [1.29, 1.82) is 0 Å². The van der Waals surface area contributed by atoms with Crippen molar-refractivity contribution < 1.29 is 9.90 Å². The van der Waals surface area contributed by atoms with Crippen LogP contribution in [-0.4, -0.2) is 46.5 Å². The highest BCUT2D eigenvalue weighted by Gasteiger charge is 2.30. The molecule has 1 atom stereocenters. The van der Waals surface area contributed by atoms with Crippen molar-refractivity contribution in [2.24, 2.45) is 0 Å². The zero-order chi connectivity index (χ0) is 21.5. The van der Waals surface area contributed by atoms with Crippen molar-refractivity contribution >= 4 is 5.91 Å². The Morgan fingerprint density at radius 1 is 0.839 bits per heavy atom. The number of rotatable bonds is 7. The quantitative estimate of drug-likeness (QED) is 0.628. The van der Waals surface area contributed by atoms with E-state index in [1.807, 2.05) is 30.3 Å². The molecule has 1 fully saturated rings. The fourth-order valence-corrected chi connectivity index (χ4v) is 4.40. The molecule has 4 heteroatoms. The molecule has 1 aliphatic heterocycles. The first-order valence-electron chi connectivity index (χ1n) is 11.1. The molecule has 1 amide bonds. The van der Waals surface area contributed by atoms with Gasteiger partial charge in [0.25, 0.3) is 0 Å². The minimum atomic E-state index is 0.150. The van der Waals surface area contributed by atoms with Gasteiger partial charge in [-0.25, -0.2) is 0 Å². The second-order valence-corrected chi connectivity index (χ2v) is 8.28. The van der Waals surface area contributed by atoms with Crippen molar-refractivity contribution in [2.75, 3.05) is 19.6 Å². The molecular formula is C27H30N2O2. The fraction of sp³-hybridized carbons (Fsp3) is 0.296. The Hall–Kier alpha value is -3.11. The molecular weight excluding hydrogens is 384 g/mol. The minimum Gasteiger partial charge on any atom is -0.508 e. The maximum absolute atomic E-state index is 13.2. The van der Waals surface area contributed by atoms with Gasteiger partial charge in [-0.15, -0.1) is 0 Å². The van der Waals surface area contributed by atoms with Crippen molar-refractivity contribution in [1.82, 2.24) is 9.80 Å². The molecule has 4 rings (SSSR count). The van der Waals surface area contributed by atoms with Gasteiger partial charge >= 0.3 is 0 Å². The average Bonchev–Trinajstić information content (AvgIpc) is 2.80. The van der Waals surface area contributed by atoms with Gasteiger partial charge in [-0.2, -0.15) is 0 Å². The van der Waals surface area contributed by atoms with Crippen LogP contribution in [0, 0.1) is 0 Å². The molecule has 0 aromatic heterocycles. The third-order valence-electron chi connectivity index (χ3n) is 6.05. The van der Waals surface area contributed by atoms with Crippen LogP contribution in [0.4, 0.5) is 0 Å². The van der Waals surface area contributed by atoms with E-state index < -0.39 is 0 Å². The van der Waals surface area contributed by atoms with Crippen LogP contribution in [0.5, 0.6) is 5.75 Å². The van der Waals surface area contributed by atoms with Gasteiger partial charge in [0, 0.05) is 38.6 Å². The molecule has 4 nitrogen and oxygen atoms in total. The SMILES string of the molecule is O=C(CCc1ccccc1O)N1CCN(Cc2ccccc2)CC1Cc1ccccc1. The van der Waals surface area contributed by atoms with Crippen molar-refractivity contribution in [3.63, 3.8) is 0 Å². The molecule has 0 saturated carbocycles. The molecule has 1 N–H and O–H groups in total. The van der Waals surface area contributed by atoms with Gasteiger partial charge in [0.2, 0.25) is 5.91 Å². The highest BCUT2D eigenvalue weighted by molar-refractivity contribution is 5.77. The third-order valence-corrected chi connectivity index (χ3v) is 6.05. The van der Waals surface area contributed by atoms with Gasteiger partial charge in [0.1, 0.15) is 5.75 Å². The summed E-state index contributed by atoms with van der Waals surface area (Å²) in [5.41, 5.74) is 3.39. The van der Waals surface area contributed by atoms with Gasteiger partial charge < -0.3 is 10.0 Å². The summed E-state index contributed by atoms with van der Waals surface area (Å²) in [6, 6.07) is 28.4. The number of hydrogen-bond acceptors (Lipinski definition) is 3. The standard InChI is InChI=1S/C27H30N2O2/c30-26-14-8-7-13-24(26)15-16-27(31)29-18-17-28(20-23-11-5-2-6-12-23)21-25(29)19-22-9-3-1-4-10-22/h1-14,25,30H,15-21H2. The van der Waals surface area contributed by atoms with Crippen LogP contribution < -0.4 is 0 Å². The van der Waals surface area contributed by atoms with E-state index >= 15 is 0 Å². The number of nitrogens with zero attached hydrogens (tertiary/aromatic N) is 2. The van der Waals surface area contributed by atoms with Crippen LogP contribution in [-0.2, 0) is 24.2 Å². The van der Waals surface area contributed by atoms with Crippen LogP contribution in [0.25, 0.3) is 0 Å². The summed E-state index contributed by atoms with van der Waals surface area (Å²) >= 11 is 0. The van der Waals surface area contributed by atoms with Crippen LogP contribution in [0.3, 0.4) is 0 Å². The van der Waals surface area contributed by atoms with Gasteiger partial charge in [0.15, 0.2) is 0 Å². The highest BCUT2D eigenvalue weighted by Crippen LogP contribution is 2.21. The van der Waals surface area contributed by atoms with Crippen molar-refractivity contribution in [3.05, 3.63) is 102 Å².